The number of carbonyl (C=O) groups excluding carboxylic acids is 2. The number of thiazole rings is 1. The van der Waals surface area contributed by atoms with E-state index >= 15 is 0 Å². The lowest BCUT2D eigenvalue weighted by atomic mass is 9.93. The zero-order valence-electron chi connectivity index (χ0n) is 15.2. The molecule has 27 heavy (non-hydrogen) atoms. The molecule has 4 rings (SSSR count). The minimum atomic E-state index is -0.263. The molecule has 0 N–H and O–H groups in total. The van der Waals surface area contributed by atoms with Crippen molar-refractivity contribution in [2.24, 2.45) is 11.8 Å². The molecule has 144 valence electrons. The highest BCUT2D eigenvalue weighted by atomic mass is 32.1. The van der Waals surface area contributed by atoms with E-state index in [1.165, 1.54) is 23.5 Å². The minimum absolute atomic E-state index is 0.0344. The number of piperidine rings is 1. The van der Waals surface area contributed by atoms with Gasteiger partial charge in [-0.1, -0.05) is 11.3 Å². The highest BCUT2D eigenvalue weighted by Crippen LogP contribution is 2.34. The van der Waals surface area contributed by atoms with E-state index in [1.54, 1.807) is 13.0 Å². The number of aromatic nitrogens is 1. The molecule has 2 aromatic rings. The van der Waals surface area contributed by atoms with Gasteiger partial charge in [-0.05, 0) is 38.0 Å². The quantitative estimate of drug-likeness (QED) is 0.750. The maximum atomic E-state index is 13.3. The van der Waals surface area contributed by atoms with E-state index in [2.05, 4.69) is 9.88 Å². The van der Waals surface area contributed by atoms with E-state index in [1.807, 2.05) is 4.90 Å². The van der Waals surface area contributed by atoms with Crippen molar-refractivity contribution in [3.8, 4) is 0 Å². The van der Waals surface area contributed by atoms with Crippen LogP contribution < -0.4 is 4.90 Å². The zero-order chi connectivity index (χ0) is 19.0. The fourth-order valence-corrected chi connectivity index (χ4v) is 4.68. The molecule has 0 aliphatic carbocycles. The summed E-state index contributed by atoms with van der Waals surface area (Å²) in [6, 6.07) is 4.58. The molecule has 2 aliphatic heterocycles. The van der Waals surface area contributed by atoms with Gasteiger partial charge in [0.25, 0.3) is 0 Å². The molecule has 1 aromatic heterocycles. The number of anilines is 1. The average molecular weight is 391 g/mol. The molecule has 1 aromatic carbocycles. The maximum Gasteiger partial charge on any atom is 0.309 e. The number of halogens is 1. The van der Waals surface area contributed by atoms with Crippen molar-refractivity contribution in [3.05, 3.63) is 24.0 Å². The second-order valence-corrected chi connectivity index (χ2v) is 8.07. The maximum absolute atomic E-state index is 13.3. The van der Waals surface area contributed by atoms with E-state index < -0.39 is 0 Å². The average Bonchev–Trinajstić information content (AvgIpc) is 3.03. The molecular formula is C19H22FN3O3S. The molecule has 0 radical (unpaired) electrons. The number of hydrogen-bond donors (Lipinski definition) is 0. The topological polar surface area (TPSA) is 62.7 Å². The fourth-order valence-electron chi connectivity index (χ4n) is 3.67. The summed E-state index contributed by atoms with van der Waals surface area (Å²) in [5, 5.41) is 0.834. The van der Waals surface area contributed by atoms with Gasteiger partial charge in [-0.15, -0.1) is 0 Å². The Kier molecular flexibility index (Phi) is 4.99. The normalized spacial score (nSPS) is 18.6. The van der Waals surface area contributed by atoms with Gasteiger partial charge in [0.2, 0.25) is 5.91 Å². The summed E-state index contributed by atoms with van der Waals surface area (Å²) in [5.74, 6) is -0.379. The summed E-state index contributed by atoms with van der Waals surface area (Å²) in [7, 11) is 0. The standard InChI is InChI=1S/C19H22FN3O3S/c1-2-26-18(25)12-5-7-22(8-6-12)17(24)13-10-23(11-13)19-21-15-4-3-14(20)9-16(15)27-19/h3-4,9,12-13H,2,5-8,10-11H2,1H3. The summed E-state index contributed by atoms with van der Waals surface area (Å²) < 4.78 is 19.2. The van der Waals surface area contributed by atoms with Crippen LogP contribution in [0, 0.1) is 17.7 Å². The molecule has 0 saturated carbocycles. The van der Waals surface area contributed by atoms with Crippen LogP contribution in [0.2, 0.25) is 0 Å². The lowest BCUT2D eigenvalue weighted by Crippen LogP contribution is -2.56. The summed E-state index contributed by atoms with van der Waals surface area (Å²) in [5.41, 5.74) is 0.784. The van der Waals surface area contributed by atoms with Crippen LogP contribution in [0.4, 0.5) is 9.52 Å². The lowest BCUT2D eigenvalue weighted by molar-refractivity contribution is -0.152. The third-order valence-corrected chi connectivity index (χ3v) is 6.35. The van der Waals surface area contributed by atoms with Crippen LogP contribution in [0.1, 0.15) is 19.8 Å². The molecular weight excluding hydrogens is 369 g/mol. The number of fused-ring (bicyclic) bond motifs is 1. The molecule has 0 bridgehead atoms. The molecule has 2 aliphatic rings. The highest BCUT2D eigenvalue weighted by Gasteiger charge is 2.38. The predicted molar refractivity (Wildman–Crippen MR) is 101 cm³/mol. The number of nitrogens with zero attached hydrogens (tertiary/aromatic N) is 3. The Labute approximate surface area is 160 Å². The molecule has 3 heterocycles. The summed E-state index contributed by atoms with van der Waals surface area (Å²) in [6.07, 6.45) is 1.34. The highest BCUT2D eigenvalue weighted by molar-refractivity contribution is 7.22. The molecule has 6 nitrogen and oxygen atoms in total. The van der Waals surface area contributed by atoms with Crippen molar-refractivity contribution in [3.63, 3.8) is 0 Å². The van der Waals surface area contributed by atoms with Gasteiger partial charge in [0, 0.05) is 26.2 Å². The van der Waals surface area contributed by atoms with Crippen molar-refractivity contribution >= 4 is 38.6 Å². The second-order valence-electron chi connectivity index (χ2n) is 7.06. The molecule has 0 unspecified atom stereocenters. The van der Waals surface area contributed by atoms with E-state index in [4.69, 9.17) is 4.74 Å². The monoisotopic (exact) mass is 391 g/mol. The van der Waals surface area contributed by atoms with E-state index in [9.17, 15) is 14.0 Å². The largest absolute Gasteiger partial charge is 0.466 e. The number of benzene rings is 1. The Morgan fingerprint density at radius 1 is 1.26 bits per heavy atom. The molecule has 0 atom stereocenters. The molecule has 8 heteroatoms. The van der Waals surface area contributed by atoms with E-state index in [0.29, 0.717) is 45.6 Å². The lowest BCUT2D eigenvalue weighted by Gasteiger charge is -2.41. The smallest absolute Gasteiger partial charge is 0.309 e. The van der Waals surface area contributed by atoms with Crippen LogP contribution in [-0.4, -0.2) is 54.5 Å². The van der Waals surface area contributed by atoms with E-state index in [-0.39, 0.29) is 29.5 Å². The third kappa shape index (κ3) is 3.63. The van der Waals surface area contributed by atoms with Crippen LogP contribution in [0.3, 0.4) is 0 Å². The summed E-state index contributed by atoms with van der Waals surface area (Å²) in [4.78, 5) is 33.0. The van der Waals surface area contributed by atoms with Crippen molar-refractivity contribution in [2.75, 3.05) is 37.7 Å². The Morgan fingerprint density at radius 2 is 2.00 bits per heavy atom. The number of likely N-dealkylation sites (tertiary alicyclic amines) is 1. The molecule has 2 saturated heterocycles. The van der Waals surface area contributed by atoms with Gasteiger partial charge >= 0.3 is 5.97 Å². The van der Waals surface area contributed by atoms with Gasteiger partial charge in [-0.2, -0.15) is 0 Å². The Balaban J connectivity index is 1.30. The van der Waals surface area contributed by atoms with Crippen LogP contribution in [0.15, 0.2) is 18.2 Å². The Hall–Kier alpha value is -2.22. The number of hydrogen-bond acceptors (Lipinski definition) is 6. The zero-order valence-corrected chi connectivity index (χ0v) is 16.0. The van der Waals surface area contributed by atoms with Crippen LogP contribution >= 0.6 is 11.3 Å². The van der Waals surface area contributed by atoms with Crippen molar-refractivity contribution < 1.29 is 18.7 Å². The minimum Gasteiger partial charge on any atom is -0.466 e. The molecule has 1 amide bonds. The van der Waals surface area contributed by atoms with Gasteiger partial charge in [-0.25, -0.2) is 9.37 Å². The third-order valence-electron chi connectivity index (χ3n) is 5.27. The van der Waals surface area contributed by atoms with Crippen LogP contribution in [0.5, 0.6) is 0 Å². The van der Waals surface area contributed by atoms with Crippen LogP contribution in [-0.2, 0) is 14.3 Å². The van der Waals surface area contributed by atoms with E-state index in [0.717, 1.165) is 15.3 Å². The molecule has 2 fully saturated rings. The number of amides is 1. The first-order valence-corrected chi connectivity index (χ1v) is 10.1. The first kappa shape index (κ1) is 18.2. The summed E-state index contributed by atoms with van der Waals surface area (Å²) >= 11 is 1.45. The Morgan fingerprint density at radius 3 is 2.70 bits per heavy atom. The molecule has 0 spiro atoms. The first-order valence-electron chi connectivity index (χ1n) is 9.31. The summed E-state index contributed by atoms with van der Waals surface area (Å²) in [6.45, 7) is 4.70. The van der Waals surface area contributed by atoms with Crippen LogP contribution in [0.25, 0.3) is 10.2 Å². The fraction of sp³-hybridized carbons (Fsp3) is 0.526. The van der Waals surface area contributed by atoms with Gasteiger partial charge in [0.05, 0.1) is 28.7 Å². The number of carbonyl (C=O) groups is 2. The van der Waals surface area contributed by atoms with Crippen molar-refractivity contribution in [1.29, 1.82) is 0 Å². The SMILES string of the molecule is CCOC(=O)C1CCN(C(=O)C2CN(c3nc4ccc(F)cc4s3)C2)CC1. The van der Waals surface area contributed by atoms with Crippen molar-refractivity contribution in [1.82, 2.24) is 9.88 Å². The van der Waals surface area contributed by atoms with Gasteiger partial charge in [0.1, 0.15) is 5.82 Å². The van der Waals surface area contributed by atoms with Crippen molar-refractivity contribution in [2.45, 2.75) is 19.8 Å². The number of rotatable bonds is 4. The number of ether oxygens (including phenoxy) is 1. The predicted octanol–water partition coefficient (Wildman–Crippen LogP) is 2.67. The first-order chi connectivity index (χ1) is 13.0. The second kappa shape index (κ2) is 7.42. The van der Waals surface area contributed by atoms with Gasteiger partial charge < -0.3 is 14.5 Å². The Bertz CT molecular complexity index is 857. The van der Waals surface area contributed by atoms with Gasteiger partial charge in [0.15, 0.2) is 5.13 Å². The van der Waals surface area contributed by atoms with Gasteiger partial charge in [-0.3, -0.25) is 9.59 Å². The number of esters is 1.